The molecule has 0 bridgehead atoms. The van der Waals surface area contributed by atoms with Gasteiger partial charge in [0.15, 0.2) is 0 Å². The van der Waals surface area contributed by atoms with Gasteiger partial charge in [-0.2, -0.15) is 0 Å². The zero-order valence-electron chi connectivity index (χ0n) is 25.0. The molecule has 0 fully saturated rings. The summed E-state index contributed by atoms with van der Waals surface area (Å²) in [5, 5.41) is 6.92. The number of hydrogen-bond acceptors (Lipinski definition) is 3. The Morgan fingerprint density at radius 3 is 1.61 bits per heavy atom. The monoisotopic (exact) mass is 588 g/mol. The standard InChI is InChI=1S/C43H28N2O/c1-3-11-31(12-4-1)45(32-13-5-2-6-14-32)33-21-19-29(20-22-33)41-38-24-23-37-34-15-9-10-18-39(34)46-43(37)42(38)36-17-8-7-16-35(36)40(41)30-25-27-44-28-26-30/h1-28H. The average molecular weight is 589 g/mol. The van der Waals surface area contributed by atoms with Gasteiger partial charge in [-0.25, -0.2) is 0 Å². The molecule has 0 aliphatic carbocycles. The highest BCUT2D eigenvalue weighted by Crippen LogP contribution is 2.48. The molecule has 0 atom stereocenters. The minimum atomic E-state index is 0.903. The summed E-state index contributed by atoms with van der Waals surface area (Å²) in [6.45, 7) is 0. The van der Waals surface area contributed by atoms with Gasteiger partial charge >= 0.3 is 0 Å². The van der Waals surface area contributed by atoms with Crippen LogP contribution < -0.4 is 4.90 Å². The van der Waals surface area contributed by atoms with E-state index in [1.165, 1.54) is 21.9 Å². The zero-order chi connectivity index (χ0) is 30.5. The molecule has 0 saturated heterocycles. The summed E-state index contributed by atoms with van der Waals surface area (Å²) in [6.07, 6.45) is 3.75. The number of fused-ring (bicyclic) bond motifs is 7. The van der Waals surface area contributed by atoms with Crippen LogP contribution in [0.3, 0.4) is 0 Å². The van der Waals surface area contributed by atoms with Gasteiger partial charge < -0.3 is 9.32 Å². The Morgan fingerprint density at radius 2 is 0.913 bits per heavy atom. The molecule has 3 nitrogen and oxygen atoms in total. The molecule has 216 valence electrons. The fraction of sp³-hybridized carbons (Fsp3) is 0. The van der Waals surface area contributed by atoms with Gasteiger partial charge in [0, 0.05) is 45.6 Å². The van der Waals surface area contributed by atoms with Gasteiger partial charge in [0.25, 0.3) is 0 Å². The number of anilines is 3. The highest BCUT2D eigenvalue weighted by Gasteiger charge is 2.22. The Morgan fingerprint density at radius 1 is 0.391 bits per heavy atom. The molecule has 3 heteroatoms. The normalized spacial score (nSPS) is 11.5. The third-order valence-corrected chi connectivity index (χ3v) is 8.94. The molecular weight excluding hydrogens is 560 g/mol. The molecule has 2 aromatic heterocycles. The molecule has 9 aromatic rings. The quantitative estimate of drug-likeness (QED) is 0.187. The second-order valence-electron chi connectivity index (χ2n) is 11.5. The first-order valence-corrected chi connectivity index (χ1v) is 15.5. The van der Waals surface area contributed by atoms with E-state index in [-0.39, 0.29) is 0 Å². The number of furan rings is 1. The Hall–Kier alpha value is -6.19. The van der Waals surface area contributed by atoms with E-state index in [1.54, 1.807) is 0 Å². The average Bonchev–Trinajstić information content (AvgIpc) is 3.52. The summed E-state index contributed by atoms with van der Waals surface area (Å²) >= 11 is 0. The van der Waals surface area contributed by atoms with E-state index in [2.05, 4.69) is 162 Å². The highest BCUT2D eigenvalue weighted by atomic mass is 16.3. The maximum atomic E-state index is 6.64. The van der Waals surface area contributed by atoms with Crippen LogP contribution in [0.4, 0.5) is 17.1 Å². The van der Waals surface area contributed by atoms with Crippen molar-refractivity contribution >= 4 is 60.5 Å². The van der Waals surface area contributed by atoms with Crippen LogP contribution in [0.2, 0.25) is 0 Å². The first-order valence-electron chi connectivity index (χ1n) is 15.5. The SMILES string of the molecule is c1ccc(N(c2ccccc2)c2ccc(-c3c(-c4ccncc4)c4ccccc4c4c3ccc3c5ccccc5oc34)cc2)cc1. The lowest BCUT2D eigenvalue weighted by Gasteiger charge is -2.26. The maximum absolute atomic E-state index is 6.64. The van der Waals surface area contributed by atoms with Crippen LogP contribution in [0.25, 0.3) is 65.7 Å². The molecule has 0 N–H and O–H groups in total. The molecule has 0 amide bonds. The van der Waals surface area contributed by atoms with Crippen molar-refractivity contribution in [3.8, 4) is 22.3 Å². The van der Waals surface area contributed by atoms with E-state index in [1.807, 2.05) is 18.5 Å². The van der Waals surface area contributed by atoms with Crippen molar-refractivity contribution in [2.75, 3.05) is 4.90 Å². The lowest BCUT2D eigenvalue weighted by atomic mass is 9.84. The fourth-order valence-corrected chi connectivity index (χ4v) is 6.95. The van der Waals surface area contributed by atoms with Crippen LogP contribution in [0.1, 0.15) is 0 Å². The van der Waals surface area contributed by atoms with Crippen molar-refractivity contribution in [2.45, 2.75) is 0 Å². The van der Waals surface area contributed by atoms with Gasteiger partial charge in [-0.1, -0.05) is 97.1 Å². The van der Waals surface area contributed by atoms with E-state index in [0.29, 0.717) is 0 Å². The molecule has 0 unspecified atom stereocenters. The summed E-state index contributed by atoms with van der Waals surface area (Å²) in [6, 6.07) is 55.7. The van der Waals surface area contributed by atoms with Crippen LogP contribution in [0, 0.1) is 0 Å². The molecule has 0 aliphatic rings. The molecule has 9 rings (SSSR count). The van der Waals surface area contributed by atoms with Crippen LogP contribution in [0.15, 0.2) is 175 Å². The van der Waals surface area contributed by atoms with Crippen LogP contribution in [-0.2, 0) is 0 Å². The predicted octanol–water partition coefficient (Wildman–Crippen LogP) is 12.1. The molecule has 2 heterocycles. The summed E-state index contributed by atoms with van der Waals surface area (Å²) in [7, 11) is 0. The summed E-state index contributed by atoms with van der Waals surface area (Å²) in [4.78, 5) is 6.64. The van der Waals surface area contributed by atoms with Crippen LogP contribution in [0.5, 0.6) is 0 Å². The number of para-hydroxylation sites is 3. The first-order chi connectivity index (χ1) is 22.8. The third kappa shape index (κ3) is 4.17. The first kappa shape index (κ1) is 26.2. The Labute approximate surface area is 266 Å². The number of benzene rings is 7. The molecule has 0 radical (unpaired) electrons. The number of pyridine rings is 1. The van der Waals surface area contributed by atoms with Gasteiger partial charge in [-0.05, 0) is 99.1 Å². The predicted molar refractivity (Wildman–Crippen MR) is 192 cm³/mol. The molecular formula is C43H28N2O. The van der Waals surface area contributed by atoms with Crippen molar-refractivity contribution in [3.63, 3.8) is 0 Å². The minimum Gasteiger partial charge on any atom is -0.455 e. The third-order valence-electron chi connectivity index (χ3n) is 8.94. The van der Waals surface area contributed by atoms with Gasteiger partial charge in [-0.15, -0.1) is 0 Å². The lowest BCUT2D eigenvalue weighted by Crippen LogP contribution is -2.09. The smallest absolute Gasteiger partial charge is 0.143 e. The van der Waals surface area contributed by atoms with E-state index >= 15 is 0 Å². The summed E-state index contributed by atoms with van der Waals surface area (Å²) in [5.41, 5.74) is 9.79. The van der Waals surface area contributed by atoms with Crippen LogP contribution >= 0.6 is 0 Å². The highest BCUT2D eigenvalue weighted by molar-refractivity contribution is 6.29. The van der Waals surface area contributed by atoms with Crippen molar-refractivity contribution in [1.29, 1.82) is 0 Å². The Kier molecular flexibility index (Phi) is 6.14. The number of hydrogen-bond donors (Lipinski definition) is 0. The van der Waals surface area contributed by atoms with E-state index in [9.17, 15) is 0 Å². The van der Waals surface area contributed by atoms with Gasteiger partial charge in [-0.3, -0.25) is 4.98 Å². The van der Waals surface area contributed by atoms with Crippen molar-refractivity contribution in [3.05, 3.63) is 170 Å². The van der Waals surface area contributed by atoms with Gasteiger partial charge in [0.2, 0.25) is 0 Å². The second-order valence-corrected chi connectivity index (χ2v) is 11.5. The molecule has 0 saturated carbocycles. The minimum absolute atomic E-state index is 0.903. The number of aromatic nitrogens is 1. The van der Waals surface area contributed by atoms with Crippen molar-refractivity contribution < 1.29 is 4.42 Å². The molecule has 0 spiro atoms. The Balaban J connectivity index is 1.34. The number of nitrogens with zero attached hydrogens (tertiary/aromatic N) is 2. The van der Waals surface area contributed by atoms with Crippen molar-refractivity contribution in [2.24, 2.45) is 0 Å². The topological polar surface area (TPSA) is 29.3 Å². The lowest BCUT2D eigenvalue weighted by molar-refractivity contribution is 0.673. The zero-order valence-corrected chi connectivity index (χ0v) is 25.0. The van der Waals surface area contributed by atoms with Crippen molar-refractivity contribution in [1.82, 2.24) is 4.98 Å². The van der Waals surface area contributed by atoms with Gasteiger partial charge in [0.05, 0.1) is 0 Å². The largest absolute Gasteiger partial charge is 0.455 e. The van der Waals surface area contributed by atoms with Gasteiger partial charge in [0.1, 0.15) is 11.2 Å². The van der Waals surface area contributed by atoms with E-state index in [4.69, 9.17) is 4.42 Å². The Bertz CT molecular complexity index is 2460. The summed E-state index contributed by atoms with van der Waals surface area (Å²) < 4.78 is 6.64. The van der Waals surface area contributed by atoms with Crippen LogP contribution in [-0.4, -0.2) is 4.98 Å². The molecule has 7 aromatic carbocycles. The molecule has 0 aliphatic heterocycles. The second kappa shape index (κ2) is 10.8. The fourth-order valence-electron chi connectivity index (χ4n) is 6.95. The summed E-state index contributed by atoms with van der Waals surface area (Å²) in [5.74, 6) is 0. The van der Waals surface area contributed by atoms with E-state index < -0.39 is 0 Å². The maximum Gasteiger partial charge on any atom is 0.143 e. The van der Waals surface area contributed by atoms with E-state index in [0.717, 1.165) is 60.9 Å². The molecule has 46 heavy (non-hydrogen) atoms. The number of rotatable bonds is 5.